The summed E-state index contributed by atoms with van der Waals surface area (Å²) in [6, 6.07) is 14.9. The van der Waals surface area contributed by atoms with Crippen molar-refractivity contribution in [2.24, 2.45) is 0 Å². The maximum atomic E-state index is 11.9. The van der Waals surface area contributed by atoms with E-state index < -0.39 is 10.9 Å². The van der Waals surface area contributed by atoms with Gasteiger partial charge in [0.05, 0.1) is 23.1 Å². The van der Waals surface area contributed by atoms with Crippen LogP contribution in [0, 0.1) is 10.1 Å². The van der Waals surface area contributed by atoms with Crippen molar-refractivity contribution in [3.8, 4) is 16.9 Å². The van der Waals surface area contributed by atoms with Crippen LogP contribution in [0.2, 0.25) is 0 Å². The topological polar surface area (TPSA) is 105 Å². The van der Waals surface area contributed by atoms with Gasteiger partial charge in [-0.1, -0.05) is 18.2 Å². The zero-order valence-corrected chi connectivity index (χ0v) is 14.2. The van der Waals surface area contributed by atoms with Gasteiger partial charge in [0.15, 0.2) is 5.75 Å². The van der Waals surface area contributed by atoms with Crippen molar-refractivity contribution in [3.63, 3.8) is 0 Å². The minimum absolute atomic E-state index is 0.0390. The van der Waals surface area contributed by atoms with Gasteiger partial charge in [-0.15, -0.1) is 0 Å². The highest BCUT2D eigenvalue weighted by molar-refractivity contribution is 6.19. The van der Waals surface area contributed by atoms with Crippen molar-refractivity contribution in [2.45, 2.75) is 0 Å². The van der Waals surface area contributed by atoms with Crippen LogP contribution in [-0.2, 0) is 0 Å². The van der Waals surface area contributed by atoms with Crippen molar-refractivity contribution in [2.75, 3.05) is 7.11 Å². The predicted octanol–water partition coefficient (Wildman–Crippen LogP) is 4.60. The molecule has 4 rings (SSSR count). The Labute approximate surface area is 153 Å². The predicted molar refractivity (Wildman–Crippen MR) is 101 cm³/mol. The monoisotopic (exact) mass is 362 g/mol. The van der Waals surface area contributed by atoms with E-state index in [1.807, 2.05) is 24.3 Å². The van der Waals surface area contributed by atoms with Crippen molar-refractivity contribution < 1.29 is 19.6 Å². The van der Waals surface area contributed by atoms with E-state index in [0.29, 0.717) is 27.8 Å². The van der Waals surface area contributed by atoms with Crippen LogP contribution in [0.1, 0.15) is 10.4 Å². The van der Waals surface area contributed by atoms with E-state index in [-0.39, 0.29) is 11.3 Å². The van der Waals surface area contributed by atoms with Gasteiger partial charge < -0.3 is 14.8 Å². The number of non-ortho nitro benzene ring substituents is 1. The number of carbonyl (C=O) groups is 1. The number of aromatic nitrogens is 1. The quantitative estimate of drug-likeness (QED) is 0.407. The molecular weight excluding hydrogens is 348 g/mol. The molecule has 0 saturated heterocycles. The highest BCUT2D eigenvalue weighted by atomic mass is 16.6. The maximum absolute atomic E-state index is 11.9. The normalized spacial score (nSPS) is 11.0. The molecule has 1 aromatic heterocycles. The van der Waals surface area contributed by atoms with Crippen LogP contribution in [0.3, 0.4) is 0 Å². The number of nitrogens with zero attached hydrogens (tertiary/aromatic N) is 1. The number of para-hydroxylation sites is 1. The fraction of sp³-hybridized carbons (Fsp3) is 0.0500. The van der Waals surface area contributed by atoms with E-state index in [0.717, 1.165) is 10.9 Å². The second kappa shape index (κ2) is 6.14. The van der Waals surface area contributed by atoms with E-state index in [9.17, 15) is 20.0 Å². The summed E-state index contributed by atoms with van der Waals surface area (Å²) < 4.78 is 5.60. The zero-order chi connectivity index (χ0) is 19.1. The number of benzene rings is 3. The number of hydrogen-bond donors (Lipinski definition) is 2. The Hall–Kier alpha value is -3.87. The number of carboxylic acids is 1. The number of methoxy groups -OCH3 is 1. The Bertz CT molecular complexity index is 1210. The maximum Gasteiger partial charge on any atom is 0.336 e. The second-order valence-electron chi connectivity index (χ2n) is 6.03. The van der Waals surface area contributed by atoms with E-state index in [1.54, 1.807) is 18.2 Å². The molecule has 4 aromatic rings. The molecule has 2 N–H and O–H groups in total. The van der Waals surface area contributed by atoms with Gasteiger partial charge in [0.1, 0.15) is 0 Å². The highest BCUT2D eigenvalue weighted by Gasteiger charge is 2.22. The zero-order valence-electron chi connectivity index (χ0n) is 14.2. The summed E-state index contributed by atoms with van der Waals surface area (Å²) in [7, 11) is 1.51. The van der Waals surface area contributed by atoms with Gasteiger partial charge in [0.2, 0.25) is 0 Å². The van der Waals surface area contributed by atoms with Crippen LogP contribution >= 0.6 is 0 Å². The second-order valence-corrected chi connectivity index (χ2v) is 6.03. The Balaban J connectivity index is 2.08. The van der Waals surface area contributed by atoms with Crippen molar-refractivity contribution in [1.29, 1.82) is 0 Å². The molecule has 7 nitrogen and oxygen atoms in total. The van der Waals surface area contributed by atoms with E-state index in [4.69, 9.17) is 4.74 Å². The number of hydrogen-bond acceptors (Lipinski definition) is 4. The number of aromatic carboxylic acids is 1. The molecule has 3 aromatic carbocycles. The van der Waals surface area contributed by atoms with Gasteiger partial charge >= 0.3 is 5.97 Å². The fourth-order valence-electron chi connectivity index (χ4n) is 3.37. The van der Waals surface area contributed by atoms with Crippen LogP contribution in [0.4, 0.5) is 5.69 Å². The number of nitro groups is 1. The van der Waals surface area contributed by atoms with Gasteiger partial charge in [-0.25, -0.2) is 4.79 Å². The third-order valence-electron chi connectivity index (χ3n) is 4.56. The Morgan fingerprint density at radius 1 is 1.15 bits per heavy atom. The van der Waals surface area contributed by atoms with Gasteiger partial charge in [-0.05, 0) is 29.8 Å². The first-order valence-corrected chi connectivity index (χ1v) is 8.10. The SMILES string of the molecule is COc1c(-c2ccc([N+](=O)[O-])cc2)cc(C(=O)O)c2c1[nH]c1ccccc12. The van der Waals surface area contributed by atoms with Gasteiger partial charge in [-0.3, -0.25) is 10.1 Å². The lowest BCUT2D eigenvalue weighted by Crippen LogP contribution is -2.00. The molecule has 0 unspecified atom stereocenters. The minimum atomic E-state index is -1.06. The lowest BCUT2D eigenvalue weighted by atomic mass is 9.97. The summed E-state index contributed by atoms with van der Waals surface area (Å²) >= 11 is 0. The van der Waals surface area contributed by atoms with E-state index in [1.165, 1.54) is 19.2 Å². The van der Waals surface area contributed by atoms with Crippen LogP contribution in [0.25, 0.3) is 32.9 Å². The first-order valence-electron chi connectivity index (χ1n) is 8.10. The summed E-state index contributed by atoms with van der Waals surface area (Å²) in [4.78, 5) is 25.6. The van der Waals surface area contributed by atoms with E-state index in [2.05, 4.69) is 4.98 Å². The Morgan fingerprint density at radius 3 is 2.48 bits per heavy atom. The summed E-state index contributed by atoms with van der Waals surface area (Å²) in [5, 5.41) is 22.0. The van der Waals surface area contributed by atoms with Crippen LogP contribution in [-0.4, -0.2) is 28.1 Å². The molecule has 1 heterocycles. The molecule has 134 valence electrons. The number of nitrogens with one attached hydrogen (secondary N) is 1. The van der Waals surface area contributed by atoms with E-state index >= 15 is 0 Å². The standard InChI is InChI=1S/C20H14N2O5/c1-27-19-14(11-6-8-12(9-7-11)22(25)26)10-15(20(23)24)17-13-4-2-3-5-16(13)21-18(17)19/h2-10,21H,1H3,(H,23,24). The molecule has 0 aliphatic carbocycles. The highest BCUT2D eigenvalue weighted by Crippen LogP contribution is 2.41. The van der Waals surface area contributed by atoms with Crippen molar-refractivity contribution >= 4 is 33.5 Å². The van der Waals surface area contributed by atoms with Crippen molar-refractivity contribution in [1.82, 2.24) is 4.98 Å². The Kier molecular flexibility index (Phi) is 3.77. The van der Waals surface area contributed by atoms with Crippen LogP contribution < -0.4 is 4.74 Å². The molecule has 0 atom stereocenters. The van der Waals surface area contributed by atoms with Crippen LogP contribution in [0.5, 0.6) is 5.75 Å². The molecule has 0 spiro atoms. The third-order valence-corrected chi connectivity index (χ3v) is 4.56. The molecule has 27 heavy (non-hydrogen) atoms. The summed E-state index contributed by atoms with van der Waals surface area (Å²) in [6.45, 7) is 0. The number of rotatable bonds is 4. The molecule has 0 aliphatic heterocycles. The average Bonchev–Trinajstić information content (AvgIpc) is 3.06. The molecule has 0 amide bonds. The van der Waals surface area contributed by atoms with Crippen molar-refractivity contribution in [3.05, 3.63) is 70.3 Å². The molecule has 0 saturated carbocycles. The van der Waals surface area contributed by atoms with Gasteiger partial charge in [0.25, 0.3) is 5.69 Å². The lowest BCUT2D eigenvalue weighted by Gasteiger charge is -2.12. The summed E-state index contributed by atoms with van der Waals surface area (Å²) in [5.41, 5.74) is 2.64. The molecule has 0 bridgehead atoms. The van der Waals surface area contributed by atoms with Gasteiger partial charge in [-0.2, -0.15) is 0 Å². The number of H-pyrrole nitrogens is 1. The number of fused-ring (bicyclic) bond motifs is 3. The number of nitro benzene ring substituents is 1. The third kappa shape index (κ3) is 2.56. The van der Waals surface area contributed by atoms with Crippen LogP contribution in [0.15, 0.2) is 54.6 Å². The molecule has 0 radical (unpaired) electrons. The minimum Gasteiger partial charge on any atom is -0.494 e. The lowest BCUT2D eigenvalue weighted by molar-refractivity contribution is -0.384. The fourth-order valence-corrected chi connectivity index (χ4v) is 3.37. The number of ether oxygens (including phenoxy) is 1. The van der Waals surface area contributed by atoms with Gasteiger partial charge in [0, 0.05) is 34.0 Å². The first kappa shape index (κ1) is 16.6. The average molecular weight is 362 g/mol. The molecule has 0 fully saturated rings. The summed E-state index contributed by atoms with van der Waals surface area (Å²) in [5.74, 6) is -0.573. The molecular formula is C20H14N2O5. The summed E-state index contributed by atoms with van der Waals surface area (Å²) in [6.07, 6.45) is 0. The Morgan fingerprint density at radius 2 is 1.85 bits per heavy atom. The number of carboxylic acid groups (broad SMARTS) is 1. The molecule has 7 heteroatoms. The first-order chi connectivity index (χ1) is 13.0. The smallest absolute Gasteiger partial charge is 0.336 e. The number of aromatic amines is 1. The largest absolute Gasteiger partial charge is 0.494 e. The molecule has 0 aliphatic rings.